The molecule has 1 rings (SSSR count). The molecule has 0 unspecified atom stereocenters. The smallest absolute Gasteiger partial charge is 0.128 e. The highest BCUT2D eigenvalue weighted by atomic mass is 19.1. The molecule has 0 aromatic carbocycles. The monoisotopic (exact) mass is 188 g/mol. The first-order valence-electron chi connectivity index (χ1n) is 5.26. The van der Waals surface area contributed by atoms with Gasteiger partial charge in [0, 0.05) is 18.6 Å². The highest BCUT2D eigenvalue weighted by Crippen LogP contribution is 2.14. The maximum absolute atomic E-state index is 13.5. The summed E-state index contributed by atoms with van der Waals surface area (Å²) in [6.45, 7) is 8.82. The van der Waals surface area contributed by atoms with Crippen molar-refractivity contribution in [3.8, 4) is 0 Å². The lowest BCUT2D eigenvalue weighted by Gasteiger charge is -2.35. The Morgan fingerprint density at radius 2 is 2.23 bits per heavy atom. The summed E-state index contributed by atoms with van der Waals surface area (Å²) in [7, 11) is 0. The van der Waals surface area contributed by atoms with E-state index in [-0.39, 0.29) is 6.04 Å². The first-order valence-corrected chi connectivity index (χ1v) is 5.26. The SMILES string of the molecule is CCN1CC[C@@H](NC(C)C)[C@@H](F)C1. The minimum atomic E-state index is -0.698. The minimum Gasteiger partial charge on any atom is -0.309 e. The van der Waals surface area contributed by atoms with E-state index < -0.39 is 6.17 Å². The lowest BCUT2D eigenvalue weighted by Crippen LogP contribution is -2.52. The zero-order chi connectivity index (χ0) is 9.84. The minimum absolute atomic E-state index is 0.0720. The molecule has 0 spiro atoms. The van der Waals surface area contributed by atoms with Gasteiger partial charge in [-0.05, 0) is 19.5 Å². The summed E-state index contributed by atoms with van der Waals surface area (Å²) in [5.41, 5.74) is 0. The van der Waals surface area contributed by atoms with E-state index in [9.17, 15) is 4.39 Å². The van der Waals surface area contributed by atoms with Crippen molar-refractivity contribution in [2.24, 2.45) is 0 Å². The molecule has 1 aliphatic heterocycles. The second-order valence-corrected chi connectivity index (χ2v) is 4.13. The molecule has 13 heavy (non-hydrogen) atoms. The number of nitrogens with zero attached hydrogens (tertiary/aromatic N) is 1. The normalized spacial score (nSPS) is 31.2. The molecule has 0 bridgehead atoms. The average Bonchev–Trinajstić information content (AvgIpc) is 2.08. The molecule has 0 amide bonds. The Morgan fingerprint density at radius 1 is 1.54 bits per heavy atom. The van der Waals surface area contributed by atoms with Crippen LogP contribution in [0.4, 0.5) is 4.39 Å². The Hall–Kier alpha value is -0.150. The van der Waals surface area contributed by atoms with Crippen molar-refractivity contribution in [3.05, 3.63) is 0 Å². The van der Waals surface area contributed by atoms with Gasteiger partial charge in [0.05, 0.1) is 0 Å². The molecule has 2 atom stereocenters. The van der Waals surface area contributed by atoms with Crippen LogP contribution in [0.5, 0.6) is 0 Å². The van der Waals surface area contributed by atoms with Crippen molar-refractivity contribution in [2.75, 3.05) is 19.6 Å². The van der Waals surface area contributed by atoms with Crippen molar-refractivity contribution in [3.63, 3.8) is 0 Å². The predicted molar refractivity (Wildman–Crippen MR) is 53.7 cm³/mol. The Balaban J connectivity index is 2.35. The van der Waals surface area contributed by atoms with Crippen molar-refractivity contribution in [1.82, 2.24) is 10.2 Å². The number of hydrogen-bond donors (Lipinski definition) is 1. The summed E-state index contributed by atoms with van der Waals surface area (Å²) < 4.78 is 13.5. The zero-order valence-electron chi connectivity index (χ0n) is 8.89. The molecule has 1 heterocycles. The first kappa shape index (κ1) is 10.9. The first-order chi connectivity index (χ1) is 6.13. The van der Waals surface area contributed by atoms with Gasteiger partial charge in [0.15, 0.2) is 0 Å². The van der Waals surface area contributed by atoms with Crippen LogP contribution in [-0.2, 0) is 0 Å². The zero-order valence-corrected chi connectivity index (χ0v) is 8.89. The Morgan fingerprint density at radius 3 is 2.69 bits per heavy atom. The highest BCUT2D eigenvalue weighted by molar-refractivity contribution is 4.85. The topological polar surface area (TPSA) is 15.3 Å². The van der Waals surface area contributed by atoms with Gasteiger partial charge in [-0.25, -0.2) is 4.39 Å². The summed E-state index contributed by atoms with van der Waals surface area (Å²) in [6, 6.07) is 0.458. The Bertz CT molecular complexity index is 150. The molecular weight excluding hydrogens is 167 g/mol. The van der Waals surface area contributed by atoms with Crippen LogP contribution in [0.3, 0.4) is 0 Å². The number of nitrogens with one attached hydrogen (secondary N) is 1. The van der Waals surface area contributed by atoms with Crippen molar-refractivity contribution < 1.29 is 4.39 Å². The fourth-order valence-corrected chi connectivity index (χ4v) is 1.87. The third-order valence-corrected chi connectivity index (χ3v) is 2.62. The maximum atomic E-state index is 13.5. The number of piperidine rings is 1. The maximum Gasteiger partial charge on any atom is 0.128 e. The molecule has 0 aromatic rings. The van der Waals surface area contributed by atoms with Crippen molar-refractivity contribution >= 4 is 0 Å². The van der Waals surface area contributed by atoms with Crippen molar-refractivity contribution in [2.45, 2.75) is 45.4 Å². The average molecular weight is 188 g/mol. The number of hydrogen-bond acceptors (Lipinski definition) is 2. The van der Waals surface area contributed by atoms with E-state index in [4.69, 9.17) is 0 Å². The fraction of sp³-hybridized carbons (Fsp3) is 1.00. The molecule has 0 aromatic heterocycles. The number of likely N-dealkylation sites (tertiary alicyclic amines) is 1. The number of rotatable bonds is 3. The van der Waals surface area contributed by atoms with E-state index in [0.29, 0.717) is 12.6 Å². The lowest BCUT2D eigenvalue weighted by atomic mass is 10.0. The van der Waals surface area contributed by atoms with E-state index >= 15 is 0 Å². The standard InChI is InChI=1S/C10H21FN2/c1-4-13-6-5-10(9(11)7-13)12-8(2)3/h8-10,12H,4-7H2,1-3H3/t9-,10+/m0/s1. The molecular formula is C10H21FN2. The molecule has 0 aliphatic carbocycles. The van der Waals surface area contributed by atoms with Crippen molar-refractivity contribution in [1.29, 1.82) is 0 Å². The summed E-state index contributed by atoms with van der Waals surface area (Å²) >= 11 is 0. The molecule has 1 fully saturated rings. The molecule has 2 nitrogen and oxygen atoms in total. The Labute approximate surface area is 80.5 Å². The van der Waals surface area contributed by atoms with Gasteiger partial charge in [0.25, 0.3) is 0 Å². The van der Waals surface area contributed by atoms with E-state index in [1.165, 1.54) is 0 Å². The van der Waals surface area contributed by atoms with Crippen LogP contribution in [0.15, 0.2) is 0 Å². The quantitative estimate of drug-likeness (QED) is 0.720. The van der Waals surface area contributed by atoms with Crippen LogP contribution in [0, 0.1) is 0 Å². The predicted octanol–water partition coefficient (Wildman–Crippen LogP) is 1.42. The molecule has 0 saturated carbocycles. The summed E-state index contributed by atoms with van der Waals surface area (Å²) in [6.07, 6.45) is 0.240. The summed E-state index contributed by atoms with van der Waals surface area (Å²) in [5, 5.41) is 3.27. The fourth-order valence-electron chi connectivity index (χ4n) is 1.87. The second kappa shape index (κ2) is 4.91. The lowest BCUT2D eigenvalue weighted by molar-refractivity contribution is 0.104. The number of alkyl halides is 1. The van der Waals surface area contributed by atoms with Crippen LogP contribution >= 0.6 is 0 Å². The summed E-state index contributed by atoms with van der Waals surface area (Å²) in [4.78, 5) is 2.17. The molecule has 1 N–H and O–H groups in total. The van der Waals surface area contributed by atoms with Crippen LogP contribution in [-0.4, -0.2) is 42.8 Å². The van der Waals surface area contributed by atoms with Gasteiger partial charge in [-0.15, -0.1) is 0 Å². The van der Waals surface area contributed by atoms with Gasteiger partial charge in [-0.3, -0.25) is 0 Å². The summed E-state index contributed by atoms with van der Waals surface area (Å²) in [5.74, 6) is 0. The third-order valence-electron chi connectivity index (χ3n) is 2.62. The van der Waals surface area contributed by atoms with Crippen LogP contribution in [0.25, 0.3) is 0 Å². The van der Waals surface area contributed by atoms with Gasteiger partial charge in [0.2, 0.25) is 0 Å². The largest absolute Gasteiger partial charge is 0.309 e. The van der Waals surface area contributed by atoms with Crippen LogP contribution in [0.1, 0.15) is 27.2 Å². The van der Waals surface area contributed by atoms with Gasteiger partial charge in [-0.1, -0.05) is 20.8 Å². The molecule has 1 saturated heterocycles. The molecule has 1 aliphatic rings. The molecule has 3 heteroatoms. The number of halogens is 1. The molecule has 78 valence electrons. The molecule has 0 radical (unpaired) electrons. The van der Waals surface area contributed by atoms with Crippen LogP contribution in [0.2, 0.25) is 0 Å². The van der Waals surface area contributed by atoms with E-state index in [2.05, 4.69) is 31.0 Å². The van der Waals surface area contributed by atoms with Gasteiger partial charge < -0.3 is 10.2 Å². The van der Waals surface area contributed by atoms with Gasteiger partial charge in [0.1, 0.15) is 6.17 Å². The van der Waals surface area contributed by atoms with E-state index in [1.54, 1.807) is 0 Å². The van der Waals surface area contributed by atoms with Crippen LogP contribution < -0.4 is 5.32 Å². The van der Waals surface area contributed by atoms with Gasteiger partial charge in [-0.2, -0.15) is 0 Å². The van der Waals surface area contributed by atoms with E-state index in [0.717, 1.165) is 19.5 Å². The van der Waals surface area contributed by atoms with E-state index in [1.807, 2.05) is 0 Å². The third kappa shape index (κ3) is 3.24. The second-order valence-electron chi connectivity index (χ2n) is 4.13. The highest BCUT2D eigenvalue weighted by Gasteiger charge is 2.28. The van der Waals surface area contributed by atoms with Gasteiger partial charge >= 0.3 is 0 Å². The Kier molecular flexibility index (Phi) is 4.13.